The largest absolute Gasteiger partial charge is 0.382 e. The molecular formula is C14H18BrNO. The van der Waals surface area contributed by atoms with Gasteiger partial charge in [0.2, 0.25) is 0 Å². The van der Waals surface area contributed by atoms with Crippen molar-refractivity contribution < 1.29 is 4.74 Å². The number of halogens is 1. The van der Waals surface area contributed by atoms with Gasteiger partial charge in [0.25, 0.3) is 0 Å². The van der Waals surface area contributed by atoms with Crippen LogP contribution in [0.3, 0.4) is 0 Å². The molecule has 1 aromatic rings. The summed E-state index contributed by atoms with van der Waals surface area (Å²) in [6, 6.07) is 9.01. The van der Waals surface area contributed by atoms with E-state index in [1.54, 1.807) is 0 Å². The summed E-state index contributed by atoms with van der Waals surface area (Å²) in [4.78, 5) is 0. The number of anilines is 1. The molecule has 1 aromatic carbocycles. The fourth-order valence-corrected chi connectivity index (χ4v) is 3.12. The summed E-state index contributed by atoms with van der Waals surface area (Å²) in [6.45, 7) is 0.911. The Morgan fingerprint density at radius 3 is 2.65 bits per heavy atom. The molecule has 0 amide bonds. The molecule has 0 radical (unpaired) electrons. The molecule has 1 heterocycles. The van der Waals surface area contributed by atoms with E-state index in [0.717, 1.165) is 17.5 Å². The first-order valence-corrected chi connectivity index (χ1v) is 7.21. The van der Waals surface area contributed by atoms with Crippen LogP contribution in [-0.2, 0) is 4.74 Å². The molecule has 1 unspecified atom stereocenters. The average Bonchev–Trinajstić information content (AvgIpc) is 2.31. The summed E-state index contributed by atoms with van der Waals surface area (Å²) in [5.41, 5.74) is 1.44. The lowest BCUT2D eigenvalue weighted by Gasteiger charge is -2.47. The van der Waals surface area contributed by atoms with Gasteiger partial charge in [-0.1, -0.05) is 15.9 Å². The van der Waals surface area contributed by atoms with Gasteiger partial charge in [-0.15, -0.1) is 0 Å². The number of benzene rings is 1. The second-order valence-electron chi connectivity index (χ2n) is 5.23. The molecule has 1 spiro atoms. The number of hydrogen-bond donors (Lipinski definition) is 1. The van der Waals surface area contributed by atoms with Crippen LogP contribution in [0.4, 0.5) is 5.69 Å². The van der Waals surface area contributed by atoms with E-state index >= 15 is 0 Å². The third kappa shape index (κ3) is 2.50. The highest BCUT2D eigenvalue weighted by Gasteiger charge is 2.42. The SMILES string of the molecule is Brc1ccc(NC2CCOC3(CCC3)C2)cc1. The van der Waals surface area contributed by atoms with Crippen molar-refractivity contribution in [2.75, 3.05) is 11.9 Å². The van der Waals surface area contributed by atoms with Gasteiger partial charge in [0.15, 0.2) is 0 Å². The predicted molar refractivity (Wildman–Crippen MR) is 73.3 cm³/mol. The number of rotatable bonds is 2. The van der Waals surface area contributed by atoms with Gasteiger partial charge in [0.1, 0.15) is 0 Å². The topological polar surface area (TPSA) is 21.3 Å². The minimum Gasteiger partial charge on any atom is -0.382 e. The maximum atomic E-state index is 5.94. The van der Waals surface area contributed by atoms with Crippen LogP contribution in [0, 0.1) is 0 Å². The maximum Gasteiger partial charge on any atom is 0.0702 e. The van der Waals surface area contributed by atoms with Crippen LogP contribution >= 0.6 is 15.9 Å². The van der Waals surface area contributed by atoms with Crippen LogP contribution in [-0.4, -0.2) is 18.2 Å². The van der Waals surface area contributed by atoms with Crippen molar-refractivity contribution in [3.63, 3.8) is 0 Å². The van der Waals surface area contributed by atoms with Crippen LogP contribution in [0.2, 0.25) is 0 Å². The Balaban J connectivity index is 1.63. The lowest BCUT2D eigenvalue weighted by atomic mass is 9.74. The molecule has 1 atom stereocenters. The molecule has 2 fully saturated rings. The first-order chi connectivity index (χ1) is 8.26. The van der Waals surface area contributed by atoms with Crippen molar-refractivity contribution in [1.29, 1.82) is 0 Å². The van der Waals surface area contributed by atoms with Crippen LogP contribution in [0.1, 0.15) is 32.1 Å². The molecule has 1 saturated carbocycles. The van der Waals surface area contributed by atoms with Gasteiger partial charge < -0.3 is 10.1 Å². The van der Waals surface area contributed by atoms with Gasteiger partial charge in [0, 0.05) is 22.8 Å². The van der Waals surface area contributed by atoms with E-state index in [-0.39, 0.29) is 5.60 Å². The molecule has 17 heavy (non-hydrogen) atoms. The normalized spacial score (nSPS) is 26.5. The molecule has 2 aliphatic rings. The highest BCUT2D eigenvalue weighted by molar-refractivity contribution is 9.10. The standard InChI is InChI=1S/C14H18BrNO/c15-11-2-4-12(5-3-11)16-13-6-9-17-14(10-13)7-1-8-14/h2-5,13,16H,1,6-10H2. The van der Waals surface area contributed by atoms with Crippen molar-refractivity contribution in [1.82, 2.24) is 0 Å². The van der Waals surface area contributed by atoms with Crippen LogP contribution in [0.15, 0.2) is 28.7 Å². The van der Waals surface area contributed by atoms with E-state index in [9.17, 15) is 0 Å². The zero-order chi connectivity index (χ0) is 11.7. The van der Waals surface area contributed by atoms with Gasteiger partial charge in [-0.2, -0.15) is 0 Å². The maximum absolute atomic E-state index is 5.94. The van der Waals surface area contributed by atoms with Crippen LogP contribution in [0.5, 0.6) is 0 Å². The van der Waals surface area contributed by atoms with Crippen LogP contribution in [0.25, 0.3) is 0 Å². The zero-order valence-corrected chi connectivity index (χ0v) is 11.5. The average molecular weight is 296 g/mol. The van der Waals surface area contributed by atoms with Gasteiger partial charge in [0.05, 0.1) is 5.60 Å². The van der Waals surface area contributed by atoms with Crippen molar-refractivity contribution in [3.8, 4) is 0 Å². The molecule has 1 aliphatic carbocycles. The Morgan fingerprint density at radius 2 is 2.00 bits per heavy atom. The Morgan fingerprint density at radius 1 is 1.24 bits per heavy atom. The van der Waals surface area contributed by atoms with E-state index in [0.29, 0.717) is 6.04 Å². The lowest BCUT2D eigenvalue weighted by Crippen LogP contribution is -2.48. The summed E-state index contributed by atoms with van der Waals surface area (Å²) >= 11 is 3.46. The fraction of sp³-hybridized carbons (Fsp3) is 0.571. The number of nitrogens with one attached hydrogen (secondary N) is 1. The molecule has 2 nitrogen and oxygen atoms in total. The highest BCUT2D eigenvalue weighted by Crippen LogP contribution is 2.42. The Bertz CT molecular complexity index is 386. The second kappa shape index (κ2) is 4.62. The van der Waals surface area contributed by atoms with E-state index < -0.39 is 0 Å². The third-order valence-electron chi connectivity index (χ3n) is 3.97. The van der Waals surface area contributed by atoms with Crippen molar-refractivity contribution in [2.45, 2.75) is 43.7 Å². The third-order valence-corrected chi connectivity index (χ3v) is 4.50. The zero-order valence-electron chi connectivity index (χ0n) is 9.92. The first-order valence-electron chi connectivity index (χ1n) is 6.42. The van der Waals surface area contributed by atoms with Gasteiger partial charge in [-0.3, -0.25) is 0 Å². The van der Waals surface area contributed by atoms with E-state index in [1.165, 1.54) is 31.4 Å². The van der Waals surface area contributed by atoms with Crippen molar-refractivity contribution >= 4 is 21.6 Å². The van der Waals surface area contributed by atoms with Crippen LogP contribution < -0.4 is 5.32 Å². The Hall–Kier alpha value is -0.540. The van der Waals surface area contributed by atoms with E-state index in [2.05, 4.69) is 45.5 Å². The molecule has 0 aromatic heterocycles. The first kappa shape index (κ1) is 11.5. The molecule has 3 rings (SSSR count). The van der Waals surface area contributed by atoms with Gasteiger partial charge in [-0.25, -0.2) is 0 Å². The second-order valence-corrected chi connectivity index (χ2v) is 6.14. The fourth-order valence-electron chi connectivity index (χ4n) is 2.85. The smallest absolute Gasteiger partial charge is 0.0702 e. The molecule has 1 N–H and O–H groups in total. The van der Waals surface area contributed by atoms with Gasteiger partial charge >= 0.3 is 0 Å². The Labute approximate surface area is 111 Å². The molecule has 1 saturated heterocycles. The van der Waals surface area contributed by atoms with E-state index in [4.69, 9.17) is 4.74 Å². The summed E-state index contributed by atoms with van der Waals surface area (Å²) < 4.78 is 7.07. The number of hydrogen-bond acceptors (Lipinski definition) is 2. The van der Waals surface area contributed by atoms with Crippen molar-refractivity contribution in [3.05, 3.63) is 28.7 Å². The minimum atomic E-state index is 0.227. The molecule has 3 heteroatoms. The number of ether oxygens (including phenoxy) is 1. The Kier molecular flexibility index (Phi) is 3.14. The minimum absolute atomic E-state index is 0.227. The molecular weight excluding hydrogens is 278 g/mol. The summed E-state index contributed by atoms with van der Waals surface area (Å²) in [7, 11) is 0. The quantitative estimate of drug-likeness (QED) is 0.892. The van der Waals surface area contributed by atoms with E-state index in [1.807, 2.05) is 0 Å². The highest BCUT2D eigenvalue weighted by atomic mass is 79.9. The van der Waals surface area contributed by atoms with Gasteiger partial charge in [-0.05, 0) is 56.4 Å². The van der Waals surface area contributed by atoms with Crippen molar-refractivity contribution in [2.24, 2.45) is 0 Å². The predicted octanol–water partition coefficient (Wildman–Crippen LogP) is 3.96. The summed E-state index contributed by atoms with van der Waals surface area (Å²) in [5.74, 6) is 0. The molecule has 92 valence electrons. The monoisotopic (exact) mass is 295 g/mol. The lowest BCUT2D eigenvalue weighted by molar-refractivity contribution is -0.130. The summed E-state index contributed by atoms with van der Waals surface area (Å²) in [5, 5.41) is 3.63. The molecule has 0 bridgehead atoms. The summed E-state index contributed by atoms with van der Waals surface area (Å²) in [6.07, 6.45) is 6.14. The molecule has 1 aliphatic heterocycles.